The van der Waals surface area contributed by atoms with Gasteiger partial charge in [-0.15, -0.1) is 0 Å². The molecule has 2 saturated heterocycles. The lowest BCUT2D eigenvalue weighted by Crippen LogP contribution is -2.34. The maximum atomic E-state index is 4.81. The summed E-state index contributed by atoms with van der Waals surface area (Å²) in [4.78, 5) is 14.2. The summed E-state index contributed by atoms with van der Waals surface area (Å²) in [6.07, 6.45) is 5.10. The van der Waals surface area contributed by atoms with Crippen LogP contribution in [0, 0.1) is 12.8 Å². The van der Waals surface area contributed by atoms with Gasteiger partial charge < -0.3 is 9.80 Å². The minimum atomic E-state index is 0.859. The Labute approximate surface area is 115 Å². The summed E-state index contributed by atoms with van der Waals surface area (Å²) in [5, 5.41) is 0. The van der Waals surface area contributed by atoms with E-state index >= 15 is 0 Å². The van der Waals surface area contributed by atoms with Crippen LogP contribution in [0.15, 0.2) is 6.07 Å². The van der Waals surface area contributed by atoms with Crippen LogP contribution in [0.3, 0.4) is 0 Å². The molecule has 2 aliphatic heterocycles. The molecule has 2 fully saturated rings. The third kappa shape index (κ3) is 2.82. The van der Waals surface area contributed by atoms with Crippen LogP contribution in [0.5, 0.6) is 0 Å². The number of nitrogens with zero attached hydrogens (tertiary/aromatic N) is 4. The summed E-state index contributed by atoms with van der Waals surface area (Å²) in [6.45, 7) is 8.92. The molecule has 0 aliphatic carbocycles. The first-order valence-corrected chi connectivity index (χ1v) is 7.58. The van der Waals surface area contributed by atoms with E-state index in [1.807, 2.05) is 0 Å². The quantitative estimate of drug-likeness (QED) is 0.818. The molecular formula is C15H24N4. The first-order chi connectivity index (χ1) is 9.22. The molecule has 3 rings (SSSR count). The standard InChI is InChI=1S/C15H24N4/c1-12-5-9-18(10-6-12)14-11-13(2)16-15(17-14)19-7-3-4-8-19/h11-12H,3-10H2,1-2H3. The highest BCUT2D eigenvalue weighted by atomic mass is 15.3. The average molecular weight is 260 g/mol. The van der Waals surface area contributed by atoms with Gasteiger partial charge in [-0.3, -0.25) is 0 Å². The number of hydrogen-bond acceptors (Lipinski definition) is 4. The number of piperidine rings is 1. The number of anilines is 2. The van der Waals surface area contributed by atoms with E-state index in [-0.39, 0.29) is 0 Å². The Hall–Kier alpha value is -1.32. The van der Waals surface area contributed by atoms with Crippen LogP contribution < -0.4 is 9.80 Å². The molecule has 2 aliphatic rings. The second kappa shape index (κ2) is 5.35. The first-order valence-electron chi connectivity index (χ1n) is 7.58. The monoisotopic (exact) mass is 260 g/mol. The molecule has 4 nitrogen and oxygen atoms in total. The fourth-order valence-electron chi connectivity index (χ4n) is 2.99. The van der Waals surface area contributed by atoms with Crippen molar-refractivity contribution in [2.24, 2.45) is 5.92 Å². The molecule has 3 heterocycles. The van der Waals surface area contributed by atoms with Crippen molar-refractivity contribution >= 4 is 11.8 Å². The van der Waals surface area contributed by atoms with Gasteiger partial charge in [0, 0.05) is 37.9 Å². The fourth-order valence-corrected chi connectivity index (χ4v) is 2.99. The Morgan fingerprint density at radius 2 is 1.68 bits per heavy atom. The zero-order valence-corrected chi connectivity index (χ0v) is 12.1. The summed E-state index contributed by atoms with van der Waals surface area (Å²) in [6, 6.07) is 2.13. The Balaban J connectivity index is 1.80. The summed E-state index contributed by atoms with van der Waals surface area (Å²) in [5.41, 5.74) is 1.09. The summed E-state index contributed by atoms with van der Waals surface area (Å²) >= 11 is 0. The molecule has 1 aromatic rings. The molecule has 1 aromatic heterocycles. The number of hydrogen-bond donors (Lipinski definition) is 0. The van der Waals surface area contributed by atoms with E-state index in [4.69, 9.17) is 4.98 Å². The predicted octanol–water partition coefficient (Wildman–Crippen LogP) is 2.62. The molecule has 0 unspecified atom stereocenters. The van der Waals surface area contributed by atoms with Crippen LogP contribution in [0.4, 0.5) is 11.8 Å². The van der Waals surface area contributed by atoms with Crippen molar-refractivity contribution in [1.29, 1.82) is 0 Å². The maximum absolute atomic E-state index is 4.81. The van der Waals surface area contributed by atoms with Gasteiger partial charge in [0.05, 0.1) is 0 Å². The minimum Gasteiger partial charge on any atom is -0.356 e. The van der Waals surface area contributed by atoms with Crippen LogP contribution in [0.25, 0.3) is 0 Å². The average Bonchev–Trinajstić information content (AvgIpc) is 2.93. The highest BCUT2D eigenvalue weighted by Gasteiger charge is 2.20. The Morgan fingerprint density at radius 3 is 2.37 bits per heavy atom. The van der Waals surface area contributed by atoms with Gasteiger partial charge in [-0.2, -0.15) is 4.98 Å². The first kappa shape index (κ1) is 12.7. The van der Waals surface area contributed by atoms with Crippen LogP contribution in [-0.2, 0) is 0 Å². The third-order valence-corrected chi connectivity index (χ3v) is 4.33. The van der Waals surface area contributed by atoms with Gasteiger partial charge in [-0.1, -0.05) is 6.92 Å². The molecule has 0 spiro atoms. The van der Waals surface area contributed by atoms with E-state index in [2.05, 4.69) is 34.7 Å². The van der Waals surface area contributed by atoms with Crippen LogP contribution >= 0.6 is 0 Å². The Morgan fingerprint density at radius 1 is 1.00 bits per heavy atom. The molecule has 0 saturated carbocycles. The van der Waals surface area contributed by atoms with E-state index in [1.165, 1.54) is 25.7 Å². The van der Waals surface area contributed by atoms with Crippen molar-refractivity contribution < 1.29 is 0 Å². The zero-order valence-electron chi connectivity index (χ0n) is 12.1. The number of aryl methyl sites for hydroxylation is 1. The van der Waals surface area contributed by atoms with Crippen molar-refractivity contribution in [1.82, 2.24) is 9.97 Å². The van der Waals surface area contributed by atoms with Gasteiger partial charge in [0.25, 0.3) is 0 Å². The fraction of sp³-hybridized carbons (Fsp3) is 0.733. The Kier molecular flexibility index (Phi) is 3.58. The van der Waals surface area contributed by atoms with Gasteiger partial charge >= 0.3 is 0 Å². The van der Waals surface area contributed by atoms with Gasteiger partial charge in [-0.05, 0) is 38.5 Å². The van der Waals surface area contributed by atoms with Crippen molar-refractivity contribution in [2.45, 2.75) is 39.5 Å². The largest absolute Gasteiger partial charge is 0.356 e. The highest BCUT2D eigenvalue weighted by molar-refractivity contribution is 5.46. The molecule has 19 heavy (non-hydrogen) atoms. The lowest BCUT2D eigenvalue weighted by atomic mass is 9.99. The van der Waals surface area contributed by atoms with E-state index in [0.29, 0.717) is 0 Å². The van der Waals surface area contributed by atoms with Crippen LogP contribution in [0.1, 0.15) is 38.3 Å². The second-order valence-electron chi connectivity index (χ2n) is 6.03. The molecule has 0 radical (unpaired) electrons. The van der Waals surface area contributed by atoms with E-state index < -0.39 is 0 Å². The van der Waals surface area contributed by atoms with Crippen molar-refractivity contribution in [3.63, 3.8) is 0 Å². The second-order valence-corrected chi connectivity index (χ2v) is 6.03. The van der Waals surface area contributed by atoms with E-state index in [9.17, 15) is 0 Å². The maximum Gasteiger partial charge on any atom is 0.227 e. The Bertz CT molecular complexity index is 432. The zero-order chi connectivity index (χ0) is 13.2. The molecule has 0 N–H and O–H groups in total. The number of rotatable bonds is 2. The lowest BCUT2D eigenvalue weighted by molar-refractivity contribution is 0.436. The van der Waals surface area contributed by atoms with E-state index in [1.54, 1.807) is 0 Å². The third-order valence-electron chi connectivity index (χ3n) is 4.33. The summed E-state index contributed by atoms with van der Waals surface area (Å²) in [5.74, 6) is 2.92. The minimum absolute atomic E-state index is 0.859. The van der Waals surface area contributed by atoms with Gasteiger partial charge in [0.1, 0.15) is 5.82 Å². The SMILES string of the molecule is Cc1cc(N2CCC(C)CC2)nc(N2CCCC2)n1. The molecule has 0 amide bonds. The highest BCUT2D eigenvalue weighted by Crippen LogP contribution is 2.24. The molecule has 104 valence electrons. The van der Waals surface area contributed by atoms with Gasteiger partial charge in [-0.25, -0.2) is 4.98 Å². The van der Waals surface area contributed by atoms with Crippen LogP contribution in [-0.4, -0.2) is 36.1 Å². The van der Waals surface area contributed by atoms with Crippen molar-refractivity contribution in [3.05, 3.63) is 11.8 Å². The van der Waals surface area contributed by atoms with Gasteiger partial charge in [0.15, 0.2) is 0 Å². The van der Waals surface area contributed by atoms with Crippen molar-refractivity contribution in [2.75, 3.05) is 36.0 Å². The van der Waals surface area contributed by atoms with Crippen molar-refractivity contribution in [3.8, 4) is 0 Å². The topological polar surface area (TPSA) is 32.3 Å². The molecular weight excluding hydrogens is 236 g/mol. The number of aromatic nitrogens is 2. The molecule has 0 atom stereocenters. The predicted molar refractivity (Wildman–Crippen MR) is 78.8 cm³/mol. The lowest BCUT2D eigenvalue weighted by Gasteiger charge is -2.31. The smallest absolute Gasteiger partial charge is 0.227 e. The normalized spacial score (nSPS) is 21.2. The van der Waals surface area contributed by atoms with E-state index in [0.717, 1.165) is 49.6 Å². The summed E-state index contributed by atoms with van der Waals surface area (Å²) < 4.78 is 0. The van der Waals surface area contributed by atoms with Gasteiger partial charge in [0.2, 0.25) is 5.95 Å². The molecule has 0 bridgehead atoms. The van der Waals surface area contributed by atoms with Crippen LogP contribution in [0.2, 0.25) is 0 Å². The summed E-state index contributed by atoms with van der Waals surface area (Å²) in [7, 11) is 0. The molecule has 4 heteroatoms. The molecule has 0 aromatic carbocycles.